The molecule has 0 fully saturated rings. The van der Waals surface area contributed by atoms with Gasteiger partial charge in [0, 0.05) is 29.2 Å². The van der Waals surface area contributed by atoms with E-state index >= 15 is 0 Å². The molecule has 0 radical (unpaired) electrons. The van der Waals surface area contributed by atoms with Crippen molar-refractivity contribution >= 4 is 22.8 Å². The Morgan fingerprint density at radius 1 is 0.952 bits per heavy atom. The van der Waals surface area contributed by atoms with Crippen LogP contribution >= 0.6 is 0 Å². The molecule has 4 rings (SSSR count). The lowest BCUT2D eigenvalue weighted by Gasteiger charge is -2.24. The smallest absolute Gasteiger partial charge is 0.349 e. The summed E-state index contributed by atoms with van der Waals surface area (Å²) in [6, 6.07) is 22.2. The fraction of sp³-hybridized carbons (Fsp3) is 0.389. The highest BCUT2D eigenvalue weighted by atomic mass is 16.6. The third-order valence-corrected chi connectivity index (χ3v) is 7.98. The van der Waals surface area contributed by atoms with E-state index < -0.39 is 5.60 Å². The lowest BCUT2D eigenvalue weighted by molar-refractivity contribution is -0.158. The average molecular weight is 569 g/mol. The molecule has 0 spiro atoms. The molecule has 0 bridgehead atoms. The van der Waals surface area contributed by atoms with E-state index in [-0.39, 0.29) is 17.9 Å². The number of amides is 1. The predicted octanol–water partition coefficient (Wildman–Crippen LogP) is 7.63. The van der Waals surface area contributed by atoms with Crippen molar-refractivity contribution in [3.63, 3.8) is 0 Å². The van der Waals surface area contributed by atoms with E-state index in [0.717, 1.165) is 40.6 Å². The Bertz CT molecular complexity index is 1530. The van der Waals surface area contributed by atoms with E-state index in [0.29, 0.717) is 17.9 Å². The fourth-order valence-electron chi connectivity index (χ4n) is 5.24. The number of carbonyl (C=O) groups excluding carboxylic acids is 2. The van der Waals surface area contributed by atoms with Crippen LogP contribution < -0.4 is 10.1 Å². The molecule has 42 heavy (non-hydrogen) atoms. The first-order valence-corrected chi connectivity index (χ1v) is 15.0. The zero-order valence-electron chi connectivity index (χ0n) is 26.0. The number of aromatic nitrogens is 1. The summed E-state index contributed by atoms with van der Waals surface area (Å²) in [6.07, 6.45) is 4.20. The molecule has 1 heterocycles. The summed E-state index contributed by atoms with van der Waals surface area (Å²) in [4.78, 5) is 25.4. The fourth-order valence-corrected chi connectivity index (χ4v) is 5.24. The van der Waals surface area contributed by atoms with Crippen molar-refractivity contribution in [2.75, 3.05) is 6.61 Å². The average Bonchev–Trinajstić information content (AvgIpc) is 3.21. The third-order valence-electron chi connectivity index (χ3n) is 7.98. The quantitative estimate of drug-likeness (QED) is 0.178. The van der Waals surface area contributed by atoms with Gasteiger partial charge >= 0.3 is 5.97 Å². The van der Waals surface area contributed by atoms with Gasteiger partial charge in [0.05, 0.1) is 12.6 Å². The van der Waals surface area contributed by atoms with Gasteiger partial charge in [0.2, 0.25) is 0 Å². The minimum atomic E-state index is -1.07. The molecule has 0 aliphatic heterocycles. The molecule has 222 valence electrons. The first-order valence-electron chi connectivity index (χ1n) is 15.0. The number of fused-ring (bicyclic) bond motifs is 1. The van der Waals surface area contributed by atoms with Gasteiger partial charge in [0.25, 0.3) is 5.91 Å². The normalized spacial score (nSPS) is 12.3. The van der Waals surface area contributed by atoms with E-state index in [9.17, 15) is 9.59 Å². The second-order valence-electron chi connectivity index (χ2n) is 11.5. The van der Waals surface area contributed by atoms with Crippen LogP contribution in [0.3, 0.4) is 0 Å². The van der Waals surface area contributed by atoms with E-state index in [4.69, 9.17) is 9.47 Å². The molecule has 0 saturated heterocycles. The highest BCUT2D eigenvalue weighted by molar-refractivity contribution is 5.99. The third kappa shape index (κ3) is 7.04. The SMILES string of the molecule is CCCCc1ccc([C@H](C)NC(=O)c2ccc3c(Cc4ccc(OC(C)(C)C(=O)OCC)cc4)c(C)n(C)c3c2)cc1. The first kappa shape index (κ1) is 30.9. The molecule has 0 unspecified atom stereocenters. The van der Waals surface area contributed by atoms with Crippen LogP contribution in [0.5, 0.6) is 5.75 Å². The van der Waals surface area contributed by atoms with Crippen LogP contribution in [0.25, 0.3) is 10.9 Å². The highest BCUT2D eigenvalue weighted by Gasteiger charge is 2.31. The van der Waals surface area contributed by atoms with Gasteiger partial charge in [0.15, 0.2) is 5.60 Å². The summed E-state index contributed by atoms with van der Waals surface area (Å²) in [5.41, 5.74) is 6.54. The summed E-state index contributed by atoms with van der Waals surface area (Å²) in [6.45, 7) is 11.8. The Morgan fingerprint density at radius 3 is 2.26 bits per heavy atom. The van der Waals surface area contributed by atoms with Crippen molar-refractivity contribution in [1.29, 1.82) is 0 Å². The van der Waals surface area contributed by atoms with Crippen molar-refractivity contribution < 1.29 is 19.1 Å². The molecule has 1 N–H and O–H groups in total. The van der Waals surface area contributed by atoms with E-state index in [1.54, 1.807) is 20.8 Å². The van der Waals surface area contributed by atoms with Crippen molar-refractivity contribution in [3.05, 3.63) is 100 Å². The molecule has 1 aromatic heterocycles. The van der Waals surface area contributed by atoms with Crippen molar-refractivity contribution in [2.24, 2.45) is 7.05 Å². The van der Waals surface area contributed by atoms with Crippen LogP contribution in [0.1, 0.15) is 91.8 Å². The lowest BCUT2D eigenvalue weighted by atomic mass is 10.0. The number of unbranched alkanes of at least 4 members (excludes halogenated alkanes) is 1. The number of rotatable bonds is 12. The molecule has 1 atom stereocenters. The Kier molecular flexibility index (Phi) is 9.77. The Balaban J connectivity index is 1.47. The molecule has 4 aromatic rings. The van der Waals surface area contributed by atoms with E-state index in [1.807, 2.05) is 50.4 Å². The molecule has 0 saturated carbocycles. The number of aryl methyl sites for hydroxylation is 2. The largest absolute Gasteiger partial charge is 0.476 e. The Labute approximate surface area is 250 Å². The minimum absolute atomic E-state index is 0.0822. The molecule has 0 aliphatic rings. The number of hydrogen-bond acceptors (Lipinski definition) is 4. The number of carbonyl (C=O) groups is 2. The first-order chi connectivity index (χ1) is 20.0. The van der Waals surface area contributed by atoms with Crippen LogP contribution in [0.4, 0.5) is 0 Å². The summed E-state index contributed by atoms with van der Waals surface area (Å²) in [5.74, 6) is 0.143. The van der Waals surface area contributed by atoms with E-state index in [1.165, 1.54) is 24.0 Å². The molecule has 6 heteroatoms. The number of nitrogens with one attached hydrogen (secondary N) is 1. The van der Waals surface area contributed by atoms with Crippen LogP contribution in [0, 0.1) is 6.92 Å². The van der Waals surface area contributed by atoms with Gasteiger partial charge in [-0.25, -0.2) is 4.79 Å². The zero-order valence-corrected chi connectivity index (χ0v) is 26.0. The van der Waals surface area contributed by atoms with E-state index in [2.05, 4.69) is 54.1 Å². The number of ether oxygens (including phenoxy) is 2. The van der Waals surface area contributed by atoms with Gasteiger partial charge in [-0.05, 0) is 100 Å². The predicted molar refractivity (Wildman–Crippen MR) is 169 cm³/mol. The maximum Gasteiger partial charge on any atom is 0.349 e. The highest BCUT2D eigenvalue weighted by Crippen LogP contribution is 2.29. The molecule has 6 nitrogen and oxygen atoms in total. The van der Waals surface area contributed by atoms with Crippen molar-refractivity contribution in [3.8, 4) is 5.75 Å². The summed E-state index contributed by atoms with van der Waals surface area (Å²) < 4.78 is 13.2. The molecule has 3 aromatic carbocycles. The van der Waals surface area contributed by atoms with Gasteiger partial charge in [-0.15, -0.1) is 0 Å². The van der Waals surface area contributed by atoms with Crippen LogP contribution in [-0.4, -0.2) is 28.7 Å². The minimum Gasteiger partial charge on any atom is -0.476 e. The zero-order chi connectivity index (χ0) is 30.4. The molecular formula is C36H44N2O4. The Morgan fingerprint density at radius 2 is 1.62 bits per heavy atom. The summed E-state index contributed by atoms with van der Waals surface area (Å²) in [7, 11) is 2.04. The Hall–Kier alpha value is -4.06. The number of nitrogens with zero attached hydrogens (tertiary/aromatic N) is 1. The summed E-state index contributed by atoms with van der Waals surface area (Å²) >= 11 is 0. The molecule has 0 aliphatic carbocycles. The monoisotopic (exact) mass is 568 g/mol. The van der Waals surface area contributed by atoms with Crippen molar-refractivity contribution in [1.82, 2.24) is 9.88 Å². The number of hydrogen-bond donors (Lipinski definition) is 1. The summed E-state index contributed by atoms with van der Waals surface area (Å²) in [5, 5.41) is 4.30. The molecular weight excluding hydrogens is 524 g/mol. The molecule has 1 amide bonds. The second kappa shape index (κ2) is 13.3. The van der Waals surface area contributed by atoms with Gasteiger partial charge in [-0.1, -0.05) is 55.8 Å². The number of benzene rings is 3. The van der Waals surface area contributed by atoms with Crippen LogP contribution in [-0.2, 0) is 29.4 Å². The van der Waals surface area contributed by atoms with Gasteiger partial charge in [-0.2, -0.15) is 0 Å². The van der Waals surface area contributed by atoms with Crippen LogP contribution in [0.15, 0.2) is 66.7 Å². The maximum absolute atomic E-state index is 13.2. The lowest BCUT2D eigenvalue weighted by Crippen LogP contribution is -2.39. The number of esters is 1. The standard InChI is InChI=1S/C36H44N2O4/c1-8-10-11-26-12-16-28(17-13-26)24(3)37-34(39)29-18-21-31-32(25(4)38(7)33(31)23-29)22-27-14-19-30(20-15-27)42-36(5,6)35(40)41-9-2/h12-21,23-24H,8-11,22H2,1-7H3,(H,37,39)/t24-/m0/s1. The van der Waals surface area contributed by atoms with Gasteiger partial charge in [-0.3, -0.25) is 4.79 Å². The van der Waals surface area contributed by atoms with Crippen molar-refractivity contribution in [2.45, 2.75) is 78.9 Å². The van der Waals surface area contributed by atoms with Gasteiger partial charge in [0.1, 0.15) is 5.75 Å². The topological polar surface area (TPSA) is 69.6 Å². The second-order valence-corrected chi connectivity index (χ2v) is 11.5. The van der Waals surface area contributed by atoms with Gasteiger partial charge < -0.3 is 19.4 Å². The maximum atomic E-state index is 13.2. The van der Waals surface area contributed by atoms with Crippen LogP contribution in [0.2, 0.25) is 0 Å².